The van der Waals surface area contributed by atoms with Gasteiger partial charge in [0.1, 0.15) is 0 Å². The minimum Gasteiger partial charge on any atom is -0.311 e. The summed E-state index contributed by atoms with van der Waals surface area (Å²) in [4.78, 5) is 17.5. The molecule has 0 fully saturated rings. The molecule has 0 atom stereocenters. The van der Waals surface area contributed by atoms with Crippen LogP contribution in [0.4, 0.5) is 5.69 Å². The normalized spacial score (nSPS) is 9.56. The highest BCUT2D eigenvalue weighted by Gasteiger charge is 2.13. The molecule has 0 aliphatic rings. The number of nitrogens with zero attached hydrogens (tertiary/aromatic N) is 3. The van der Waals surface area contributed by atoms with Gasteiger partial charge in [-0.05, 0) is 30.3 Å². The highest BCUT2D eigenvalue weighted by Crippen LogP contribution is 2.16. The first-order valence-electron chi connectivity index (χ1n) is 5.40. The summed E-state index contributed by atoms with van der Waals surface area (Å²) in [6.45, 7) is 0. The van der Waals surface area contributed by atoms with Crippen molar-refractivity contribution in [3.63, 3.8) is 0 Å². The van der Waals surface area contributed by atoms with E-state index in [0.717, 1.165) is 0 Å². The summed E-state index contributed by atoms with van der Waals surface area (Å²) in [7, 11) is 1.68. The molecule has 0 aliphatic heterocycles. The first kappa shape index (κ1) is 11.8. The van der Waals surface area contributed by atoms with Crippen molar-refractivity contribution < 1.29 is 4.79 Å². The minimum atomic E-state index is -0.132. The number of carbonyl (C=O) groups excluding carboxylic acids is 1. The van der Waals surface area contributed by atoms with E-state index >= 15 is 0 Å². The van der Waals surface area contributed by atoms with Crippen LogP contribution in [0.1, 0.15) is 15.9 Å². The number of aromatic nitrogens is 1. The van der Waals surface area contributed by atoms with Crippen molar-refractivity contribution in [2.45, 2.75) is 0 Å². The molecule has 1 heterocycles. The van der Waals surface area contributed by atoms with Crippen LogP contribution in [0.2, 0.25) is 0 Å². The van der Waals surface area contributed by atoms with Gasteiger partial charge in [0.05, 0.1) is 11.6 Å². The number of hydrogen-bond acceptors (Lipinski definition) is 3. The summed E-state index contributed by atoms with van der Waals surface area (Å²) in [6.07, 6.45) is 3.15. The molecule has 0 aliphatic carbocycles. The second kappa shape index (κ2) is 5.11. The largest absolute Gasteiger partial charge is 0.311 e. The second-order valence-corrected chi connectivity index (χ2v) is 3.76. The van der Waals surface area contributed by atoms with Crippen molar-refractivity contribution >= 4 is 11.6 Å². The maximum absolute atomic E-state index is 12.2. The van der Waals surface area contributed by atoms with Gasteiger partial charge in [0.25, 0.3) is 5.91 Å². The van der Waals surface area contributed by atoms with Crippen molar-refractivity contribution in [3.05, 3.63) is 59.9 Å². The van der Waals surface area contributed by atoms with Crippen molar-refractivity contribution in [1.82, 2.24) is 4.98 Å². The van der Waals surface area contributed by atoms with Gasteiger partial charge in [-0.3, -0.25) is 9.78 Å². The summed E-state index contributed by atoms with van der Waals surface area (Å²) in [6, 6.07) is 12.3. The van der Waals surface area contributed by atoms with E-state index in [1.807, 2.05) is 0 Å². The van der Waals surface area contributed by atoms with E-state index in [2.05, 4.69) is 11.1 Å². The number of pyridine rings is 1. The Morgan fingerprint density at radius 2 is 2.00 bits per heavy atom. The van der Waals surface area contributed by atoms with E-state index in [-0.39, 0.29) is 5.91 Å². The Balaban J connectivity index is 2.29. The molecule has 88 valence electrons. The highest BCUT2D eigenvalue weighted by atomic mass is 16.2. The van der Waals surface area contributed by atoms with Crippen molar-refractivity contribution in [1.29, 1.82) is 5.26 Å². The zero-order valence-corrected chi connectivity index (χ0v) is 9.87. The summed E-state index contributed by atoms with van der Waals surface area (Å²) in [5.74, 6) is -0.132. The van der Waals surface area contributed by atoms with Gasteiger partial charge in [0, 0.05) is 30.7 Å². The number of anilines is 1. The Morgan fingerprint density at radius 3 is 2.67 bits per heavy atom. The average Bonchev–Trinajstić information content (AvgIpc) is 2.46. The summed E-state index contributed by atoms with van der Waals surface area (Å²) in [5.41, 5.74) is 1.78. The molecule has 0 saturated heterocycles. The molecule has 0 saturated carbocycles. The molecule has 0 N–H and O–H groups in total. The third-order valence-corrected chi connectivity index (χ3v) is 2.59. The molecule has 1 aromatic carbocycles. The smallest absolute Gasteiger partial charge is 0.258 e. The van der Waals surface area contributed by atoms with Crippen LogP contribution in [0.5, 0.6) is 0 Å². The molecular formula is C14H11N3O. The Labute approximate surface area is 105 Å². The molecule has 2 aromatic rings. The molecule has 1 amide bonds. The predicted octanol–water partition coefficient (Wildman–Crippen LogP) is 2.23. The molecule has 18 heavy (non-hydrogen) atoms. The van der Waals surface area contributed by atoms with Gasteiger partial charge < -0.3 is 4.90 Å². The fourth-order valence-corrected chi connectivity index (χ4v) is 1.59. The van der Waals surface area contributed by atoms with Crippen molar-refractivity contribution in [2.75, 3.05) is 11.9 Å². The van der Waals surface area contributed by atoms with E-state index in [0.29, 0.717) is 16.8 Å². The Morgan fingerprint density at radius 1 is 1.28 bits per heavy atom. The zero-order valence-electron chi connectivity index (χ0n) is 9.87. The maximum atomic E-state index is 12.2. The van der Waals surface area contributed by atoms with Gasteiger partial charge in [-0.15, -0.1) is 0 Å². The molecule has 4 nitrogen and oxygen atoms in total. The van der Waals surface area contributed by atoms with E-state index < -0.39 is 0 Å². The van der Waals surface area contributed by atoms with E-state index in [9.17, 15) is 4.79 Å². The number of benzene rings is 1. The topological polar surface area (TPSA) is 57.0 Å². The first-order chi connectivity index (χ1) is 8.72. The third kappa shape index (κ3) is 2.36. The molecule has 0 unspecified atom stereocenters. The molecule has 1 aromatic heterocycles. The van der Waals surface area contributed by atoms with Gasteiger partial charge in [-0.1, -0.05) is 6.07 Å². The average molecular weight is 237 g/mol. The Bertz CT molecular complexity index is 602. The van der Waals surface area contributed by atoms with E-state index in [4.69, 9.17) is 5.26 Å². The Kier molecular flexibility index (Phi) is 3.35. The summed E-state index contributed by atoms with van der Waals surface area (Å²) < 4.78 is 0. The van der Waals surface area contributed by atoms with Gasteiger partial charge in [0.2, 0.25) is 0 Å². The summed E-state index contributed by atoms with van der Waals surface area (Å²) in [5, 5.41) is 8.84. The summed E-state index contributed by atoms with van der Waals surface area (Å²) >= 11 is 0. The number of rotatable bonds is 2. The second-order valence-electron chi connectivity index (χ2n) is 3.76. The van der Waals surface area contributed by atoms with Crippen LogP contribution in [0.3, 0.4) is 0 Å². The predicted molar refractivity (Wildman–Crippen MR) is 68.1 cm³/mol. The maximum Gasteiger partial charge on any atom is 0.258 e. The lowest BCUT2D eigenvalue weighted by Gasteiger charge is -2.17. The molecule has 0 bridgehead atoms. The van der Waals surface area contributed by atoms with E-state index in [1.54, 1.807) is 55.8 Å². The highest BCUT2D eigenvalue weighted by molar-refractivity contribution is 6.05. The van der Waals surface area contributed by atoms with Gasteiger partial charge in [0.15, 0.2) is 0 Å². The van der Waals surface area contributed by atoms with Crippen LogP contribution in [-0.4, -0.2) is 17.9 Å². The van der Waals surface area contributed by atoms with Gasteiger partial charge >= 0.3 is 0 Å². The molecule has 0 spiro atoms. The van der Waals surface area contributed by atoms with Crippen molar-refractivity contribution in [3.8, 4) is 6.07 Å². The van der Waals surface area contributed by atoms with Gasteiger partial charge in [-0.25, -0.2) is 0 Å². The van der Waals surface area contributed by atoms with Crippen LogP contribution < -0.4 is 4.90 Å². The quantitative estimate of drug-likeness (QED) is 0.804. The van der Waals surface area contributed by atoms with E-state index in [1.165, 1.54) is 4.90 Å². The SMILES string of the molecule is CN(C(=O)c1ccncc1)c1cccc(C#N)c1. The fraction of sp³-hybridized carbons (Fsp3) is 0.0714. The monoisotopic (exact) mass is 237 g/mol. The minimum absolute atomic E-state index is 0.132. The standard InChI is InChI=1S/C14H11N3O/c1-17(13-4-2-3-11(9-13)10-15)14(18)12-5-7-16-8-6-12/h2-9H,1H3. The molecule has 4 heteroatoms. The van der Waals surface area contributed by atoms with Crippen LogP contribution in [0.25, 0.3) is 0 Å². The number of hydrogen-bond donors (Lipinski definition) is 0. The lowest BCUT2D eigenvalue weighted by molar-refractivity contribution is 0.0993. The lowest BCUT2D eigenvalue weighted by atomic mass is 10.2. The van der Waals surface area contributed by atoms with Crippen LogP contribution >= 0.6 is 0 Å². The number of amides is 1. The third-order valence-electron chi connectivity index (χ3n) is 2.59. The lowest BCUT2D eigenvalue weighted by Crippen LogP contribution is -2.26. The zero-order chi connectivity index (χ0) is 13.0. The molecule has 2 rings (SSSR count). The first-order valence-corrected chi connectivity index (χ1v) is 5.40. The van der Waals surface area contributed by atoms with Crippen LogP contribution in [0, 0.1) is 11.3 Å². The van der Waals surface area contributed by atoms with Crippen LogP contribution in [-0.2, 0) is 0 Å². The van der Waals surface area contributed by atoms with Gasteiger partial charge in [-0.2, -0.15) is 5.26 Å². The Hall–Kier alpha value is -2.67. The molecule has 0 radical (unpaired) electrons. The number of carbonyl (C=O) groups is 1. The number of nitriles is 1. The molecular weight excluding hydrogens is 226 g/mol. The van der Waals surface area contributed by atoms with Crippen LogP contribution in [0.15, 0.2) is 48.8 Å². The van der Waals surface area contributed by atoms with Crippen molar-refractivity contribution in [2.24, 2.45) is 0 Å². The fourth-order valence-electron chi connectivity index (χ4n) is 1.59.